The molecule has 0 spiro atoms. The van der Waals surface area contributed by atoms with E-state index < -0.39 is 0 Å². The first-order valence-corrected chi connectivity index (χ1v) is 7.00. The van der Waals surface area contributed by atoms with Gasteiger partial charge in [-0.2, -0.15) is 0 Å². The highest BCUT2D eigenvalue weighted by atomic mass is 16.5. The maximum atomic E-state index is 12.1. The summed E-state index contributed by atoms with van der Waals surface area (Å²) in [5, 5.41) is 5.44. The zero-order valence-electron chi connectivity index (χ0n) is 12.4. The van der Waals surface area contributed by atoms with Gasteiger partial charge in [0.25, 0.3) is 5.91 Å². The van der Waals surface area contributed by atoms with Gasteiger partial charge in [0.1, 0.15) is 0 Å². The molecule has 0 radical (unpaired) electrons. The molecule has 2 amide bonds. The quantitative estimate of drug-likeness (QED) is 0.562. The average molecular weight is 293 g/mol. The van der Waals surface area contributed by atoms with Crippen LogP contribution in [0.2, 0.25) is 0 Å². The first-order valence-electron chi connectivity index (χ1n) is 7.00. The monoisotopic (exact) mass is 293 g/mol. The van der Waals surface area contributed by atoms with Crippen molar-refractivity contribution in [2.45, 2.75) is 12.8 Å². The number of benzene rings is 1. The number of amides is 2. The van der Waals surface area contributed by atoms with Crippen LogP contribution in [0.5, 0.6) is 0 Å². The molecule has 6 nitrogen and oxygen atoms in total. The van der Waals surface area contributed by atoms with Gasteiger partial charge in [0, 0.05) is 32.2 Å². The van der Waals surface area contributed by atoms with E-state index in [4.69, 9.17) is 10.5 Å². The molecule has 4 N–H and O–H groups in total. The molecule has 1 aromatic rings. The van der Waals surface area contributed by atoms with Gasteiger partial charge in [0.2, 0.25) is 5.91 Å². The summed E-state index contributed by atoms with van der Waals surface area (Å²) in [6, 6.07) is 7.34. The summed E-state index contributed by atoms with van der Waals surface area (Å²) in [5.74, 6) is -0.286. The fourth-order valence-electron chi connectivity index (χ4n) is 1.88. The van der Waals surface area contributed by atoms with Crippen LogP contribution in [0.25, 0.3) is 0 Å². The van der Waals surface area contributed by atoms with Crippen LogP contribution >= 0.6 is 0 Å². The van der Waals surface area contributed by atoms with E-state index in [0.29, 0.717) is 38.2 Å². The summed E-state index contributed by atoms with van der Waals surface area (Å²) in [7, 11) is 1.57. The van der Waals surface area contributed by atoms with Crippen LogP contribution in [-0.2, 0) is 16.0 Å². The number of carbonyl (C=O) groups is 2. The molecule has 0 bridgehead atoms. The molecule has 0 saturated carbocycles. The number of hydrogen-bond acceptors (Lipinski definition) is 4. The Labute approximate surface area is 125 Å². The summed E-state index contributed by atoms with van der Waals surface area (Å²) in [5.41, 5.74) is 7.06. The summed E-state index contributed by atoms with van der Waals surface area (Å²) < 4.78 is 4.83. The molecule has 116 valence electrons. The molecule has 0 aromatic heterocycles. The number of hydrogen-bond donors (Lipinski definition) is 3. The van der Waals surface area contributed by atoms with Crippen molar-refractivity contribution in [1.29, 1.82) is 0 Å². The number of nitrogens with two attached hydrogens (primary N) is 1. The van der Waals surface area contributed by atoms with Crippen LogP contribution in [0.1, 0.15) is 22.3 Å². The Bertz CT molecular complexity index is 463. The molecule has 0 aliphatic carbocycles. The third-order valence-electron chi connectivity index (χ3n) is 2.94. The molecule has 1 aromatic carbocycles. The highest BCUT2D eigenvalue weighted by Crippen LogP contribution is 2.08. The summed E-state index contributed by atoms with van der Waals surface area (Å²) >= 11 is 0. The Balaban J connectivity index is 2.38. The van der Waals surface area contributed by atoms with E-state index in [2.05, 4.69) is 10.6 Å². The summed E-state index contributed by atoms with van der Waals surface area (Å²) in [6.07, 6.45) is 0.898. The molecular weight excluding hydrogens is 270 g/mol. The second kappa shape index (κ2) is 9.90. The number of ether oxygens (including phenoxy) is 1. The summed E-state index contributed by atoms with van der Waals surface area (Å²) in [4.78, 5) is 23.5. The van der Waals surface area contributed by atoms with Crippen LogP contribution in [0.4, 0.5) is 0 Å². The highest BCUT2D eigenvalue weighted by Gasteiger charge is 2.10. The van der Waals surface area contributed by atoms with E-state index in [1.165, 1.54) is 0 Å². The first-order chi connectivity index (χ1) is 10.2. The zero-order valence-corrected chi connectivity index (χ0v) is 12.4. The molecule has 0 heterocycles. The second-order valence-electron chi connectivity index (χ2n) is 4.54. The highest BCUT2D eigenvalue weighted by molar-refractivity contribution is 5.95. The van der Waals surface area contributed by atoms with Gasteiger partial charge < -0.3 is 21.1 Å². The Morgan fingerprint density at radius 2 is 1.95 bits per heavy atom. The number of nitrogens with one attached hydrogen (secondary N) is 2. The molecule has 6 heteroatoms. The Hall–Kier alpha value is -1.92. The molecule has 0 aliphatic heterocycles. The minimum Gasteiger partial charge on any atom is -0.383 e. The molecule has 0 atom stereocenters. The van der Waals surface area contributed by atoms with E-state index in [9.17, 15) is 9.59 Å². The SMILES string of the molecule is COCCNC(=O)CCNC(=O)c1ccccc1CCN. The van der Waals surface area contributed by atoms with Gasteiger partial charge >= 0.3 is 0 Å². The normalized spacial score (nSPS) is 10.2. The Kier molecular flexibility index (Phi) is 8.08. The van der Waals surface area contributed by atoms with Crippen molar-refractivity contribution in [2.24, 2.45) is 5.73 Å². The van der Waals surface area contributed by atoms with Gasteiger partial charge in [0.05, 0.1) is 6.61 Å². The standard InChI is InChI=1S/C15H23N3O3/c1-21-11-10-17-14(19)7-9-18-15(20)13-5-3-2-4-12(13)6-8-16/h2-5H,6-11,16H2,1H3,(H,17,19)(H,18,20). The molecule has 0 fully saturated rings. The zero-order chi connectivity index (χ0) is 15.5. The maximum Gasteiger partial charge on any atom is 0.251 e. The third-order valence-corrected chi connectivity index (χ3v) is 2.94. The van der Waals surface area contributed by atoms with Gasteiger partial charge in [0.15, 0.2) is 0 Å². The second-order valence-corrected chi connectivity index (χ2v) is 4.54. The van der Waals surface area contributed by atoms with Gasteiger partial charge in [-0.3, -0.25) is 9.59 Å². The van der Waals surface area contributed by atoms with Crippen LogP contribution in [0, 0.1) is 0 Å². The molecule has 0 saturated heterocycles. The first kappa shape index (κ1) is 17.1. The van der Waals surface area contributed by atoms with Crippen LogP contribution in [-0.4, -0.2) is 45.2 Å². The molecule has 21 heavy (non-hydrogen) atoms. The molecule has 0 unspecified atom stereocenters. The van der Waals surface area contributed by atoms with Gasteiger partial charge in [-0.1, -0.05) is 18.2 Å². The third kappa shape index (κ3) is 6.37. The van der Waals surface area contributed by atoms with Gasteiger partial charge in [-0.25, -0.2) is 0 Å². The smallest absolute Gasteiger partial charge is 0.251 e. The van der Waals surface area contributed by atoms with Gasteiger partial charge in [-0.15, -0.1) is 0 Å². The fraction of sp³-hybridized carbons (Fsp3) is 0.467. The van der Waals surface area contributed by atoms with Crippen molar-refractivity contribution in [3.63, 3.8) is 0 Å². The van der Waals surface area contributed by atoms with Gasteiger partial charge in [-0.05, 0) is 24.6 Å². The lowest BCUT2D eigenvalue weighted by atomic mass is 10.0. The molecular formula is C15H23N3O3. The van der Waals surface area contributed by atoms with E-state index in [1.54, 1.807) is 13.2 Å². The number of carbonyl (C=O) groups excluding carboxylic acids is 2. The lowest BCUT2D eigenvalue weighted by Gasteiger charge is -2.09. The average Bonchev–Trinajstić information content (AvgIpc) is 2.48. The number of rotatable bonds is 9. The van der Waals surface area contributed by atoms with Crippen LogP contribution < -0.4 is 16.4 Å². The lowest BCUT2D eigenvalue weighted by Crippen LogP contribution is -2.32. The summed E-state index contributed by atoms with van der Waals surface area (Å²) in [6.45, 7) is 1.74. The van der Waals surface area contributed by atoms with Crippen molar-refractivity contribution in [3.05, 3.63) is 35.4 Å². The van der Waals surface area contributed by atoms with Crippen LogP contribution in [0.3, 0.4) is 0 Å². The fourth-order valence-corrected chi connectivity index (χ4v) is 1.88. The predicted molar refractivity (Wildman–Crippen MR) is 81.0 cm³/mol. The minimum atomic E-state index is -0.177. The lowest BCUT2D eigenvalue weighted by molar-refractivity contribution is -0.121. The van der Waals surface area contributed by atoms with E-state index in [-0.39, 0.29) is 18.2 Å². The number of methoxy groups -OCH3 is 1. The molecule has 1 rings (SSSR count). The van der Waals surface area contributed by atoms with Crippen molar-refractivity contribution < 1.29 is 14.3 Å². The maximum absolute atomic E-state index is 12.1. The van der Waals surface area contributed by atoms with Crippen LogP contribution in [0.15, 0.2) is 24.3 Å². The van der Waals surface area contributed by atoms with E-state index in [0.717, 1.165) is 5.56 Å². The Morgan fingerprint density at radius 1 is 1.19 bits per heavy atom. The van der Waals surface area contributed by atoms with E-state index >= 15 is 0 Å². The molecule has 0 aliphatic rings. The van der Waals surface area contributed by atoms with E-state index in [1.807, 2.05) is 18.2 Å². The van der Waals surface area contributed by atoms with Crippen molar-refractivity contribution in [1.82, 2.24) is 10.6 Å². The Morgan fingerprint density at radius 3 is 2.67 bits per heavy atom. The predicted octanol–water partition coefficient (Wildman–Crippen LogP) is 0.0703. The van der Waals surface area contributed by atoms with Crippen molar-refractivity contribution in [2.75, 3.05) is 33.4 Å². The topological polar surface area (TPSA) is 93.5 Å². The minimum absolute atomic E-state index is 0.109. The van der Waals surface area contributed by atoms with Crippen molar-refractivity contribution >= 4 is 11.8 Å². The largest absolute Gasteiger partial charge is 0.383 e. The van der Waals surface area contributed by atoms with Crippen molar-refractivity contribution in [3.8, 4) is 0 Å².